The number of nitrogens with zero attached hydrogens (tertiary/aromatic N) is 1. The Hall–Kier alpha value is -2.41. The molecule has 0 aliphatic carbocycles. The van der Waals surface area contributed by atoms with Crippen molar-refractivity contribution in [1.29, 1.82) is 0 Å². The maximum Gasteiger partial charge on any atom is 0.0635 e. The van der Waals surface area contributed by atoms with Gasteiger partial charge in [0.2, 0.25) is 0 Å². The van der Waals surface area contributed by atoms with Gasteiger partial charge in [-0.15, -0.1) is 0 Å². The maximum atomic E-state index is 4.52. The highest BCUT2D eigenvalue weighted by molar-refractivity contribution is 5.83. The lowest BCUT2D eigenvalue weighted by molar-refractivity contribution is 1.06. The molecule has 0 aliphatic rings. The topological polar surface area (TPSA) is 12.4 Å². The lowest BCUT2D eigenvalue weighted by Gasteiger charge is -2.01. The second-order valence-corrected chi connectivity index (χ2v) is 5.39. The van der Waals surface area contributed by atoms with E-state index in [9.17, 15) is 0 Å². The number of hydrogen-bond acceptors (Lipinski definition) is 1. The van der Waals surface area contributed by atoms with E-state index in [1.54, 1.807) is 0 Å². The van der Waals surface area contributed by atoms with Crippen LogP contribution in [-0.2, 0) is 13.0 Å². The van der Waals surface area contributed by atoms with Gasteiger partial charge in [0.1, 0.15) is 0 Å². The van der Waals surface area contributed by atoms with Crippen LogP contribution in [0.2, 0.25) is 0 Å². The Morgan fingerprint density at radius 1 is 0.810 bits per heavy atom. The van der Waals surface area contributed by atoms with Crippen molar-refractivity contribution in [2.45, 2.75) is 19.9 Å². The van der Waals surface area contributed by atoms with Gasteiger partial charge in [0.25, 0.3) is 0 Å². The monoisotopic (exact) mass is 273 g/mol. The Bertz CT molecular complexity index is 754. The van der Waals surface area contributed by atoms with Crippen LogP contribution in [0.25, 0.3) is 10.8 Å². The molecule has 0 bridgehead atoms. The van der Waals surface area contributed by atoms with E-state index in [1.807, 2.05) is 6.21 Å². The minimum absolute atomic E-state index is 0.758. The SMILES string of the molecule is Cc1ccc(CN=CCc2ccc3ccccc3c2)cc1. The summed E-state index contributed by atoms with van der Waals surface area (Å²) in [5.74, 6) is 0. The highest BCUT2D eigenvalue weighted by atomic mass is 14.7. The summed E-state index contributed by atoms with van der Waals surface area (Å²) in [6.07, 6.45) is 2.90. The molecule has 3 rings (SSSR count). The van der Waals surface area contributed by atoms with E-state index in [-0.39, 0.29) is 0 Å². The maximum absolute atomic E-state index is 4.52. The quantitative estimate of drug-likeness (QED) is 0.596. The largest absolute Gasteiger partial charge is 0.292 e. The number of fused-ring (bicyclic) bond motifs is 1. The van der Waals surface area contributed by atoms with Gasteiger partial charge in [-0.05, 0) is 28.8 Å². The van der Waals surface area contributed by atoms with Gasteiger partial charge in [0.05, 0.1) is 6.54 Å². The first-order valence-electron chi connectivity index (χ1n) is 7.33. The smallest absolute Gasteiger partial charge is 0.0635 e. The average Bonchev–Trinajstić information content (AvgIpc) is 2.53. The summed E-state index contributed by atoms with van der Waals surface area (Å²) in [6, 6.07) is 23.6. The van der Waals surface area contributed by atoms with E-state index in [0.29, 0.717) is 0 Å². The lowest BCUT2D eigenvalue weighted by Crippen LogP contribution is -1.88. The van der Waals surface area contributed by atoms with Gasteiger partial charge in [-0.3, -0.25) is 4.99 Å². The number of aryl methyl sites for hydroxylation is 1. The molecule has 0 atom stereocenters. The van der Waals surface area contributed by atoms with E-state index in [0.717, 1.165) is 13.0 Å². The third-order valence-electron chi connectivity index (χ3n) is 3.66. The molecule has 0 N–H and O–H groups in total. The molecule has 1 heteroatoms. The third kappa shape index (κ3) is 3.57. The molecule has 0 radical (unpaired) electrons. The fourth-order valence-corrected chi connectivity index (χ4v) is 2.40. The van der Waals surface area contributed by atoms with Gasteiger partial charge in [-0.2, -0.15) is 0 Å². The van der Waals surface area contributed by atoms with Crippen LogP contribution in [0.3, 0.4) is 0 Å². The second kappa shape index (κ2) is 6.36. The molecule has 0 heterocycles. The molecule has 0 spiro atoms. The molecule has 0 unspecified atom stereocenters. The first-order valence-corrected chi connectivity index (χ1v) is 7.33. The van der Waals surface area contributed by atoms with Crippen LogP contribution < -0.4 is 0 Å². The van der Waals surface area contributed by atoms with Crippen molar-refractivity contribution in [3.05, 3.63) is 83.4 Å². The Labute approximate surface area is 126 Å². The zero-order chi connectivity index (χ0) is 14.5. The lowest BCUT2D eigenvalue weighted by atomic mass is 10.1. The standard InChI is InChI=1S/C20H19N/c1-16-6-8-18(9-7-16)15-21-13-12-17-10-11-19-4-2-3-5-20(19)14-17/h2-11,13-14H,12,15H2,1H3. The van der Waals surface area contributed by atoms with Gasteiger partial charge in [0.15, 0.2) is 0 Å². The Morgan fingerprint density at radius 2 is 1.52 bits per heavy atom. The van der Waals surface area contributed by atoms with Crippen molar-refractivity contribution in [3.8, 4) is 0 Å². The molecular weight excluding hydrogens is 254 g/mol. The van der Waals surface area contributed by atoms with Crippen LogP contribution >= 0.6 is 0 Å². The first kappa shape index (κ1) is 13.6. The van der Waals surface area contributed by atoms with Gasteiger partial charge < -0.3 is 0 Å². The van der Waals surface area contributed by atoms with Crippen molar-refractivity contribution in [2.24, 2.45) is 4.99 Å². The Morgan fingerprint density at radius 3 is 2.33 bits per heavy atom. The van der Waals surface area contributed by atoms with E-state index in [2.05, 4.69) is 78.6 Å². The van der Waals surface area contributed by atoms with E-state index < -0.39 is 0 Å². The molecule has 104 valence electrons. The summed E-state index contributed by atoms with van der Waals surface area (Å²) in [5, 5.41) is 2.58. The summed E-state index contributed by atoms with van der Waals surface area (Å²) >= 11 is 0. The molecule has 3 aromatic rings. The van der Waals surface area contributed by atoms with Gasteiger partial charge in [-0.1, -0.05) is 72.3 Å². The van der Waals surface area contributed by atoms with Crippen LogP contribution in [0.5, 0.6) is 0 Å². The summed E-state index contributed by atoms with van der Waals surface area (Å²) in [6.45, 7) is 2.86. The molecule has 0 saturated carbocycles. The molecule has 0 aliphatic heterocycles. The summed E-state index contributed by atoms with van der Waals surface area (Å²) in [5.41, 5.74) is 3.86. The highest BCUT2D eigenvalue weighted by Gasteiger charge is 1.95. The normalized spacial score (nSPS) is 11.3. The molecule has 0 aromatic heterocycles. The number of hydrogen-bond donors (Lipinski definition) is 0. The number of benzene rings is 3. The van der Waals surface area contributed by atoms with Gasteiger partial charge in [-0.25, -0.2) is 0 Å². The molecule has 0 fully saturated rings. The van der Waals surface area contributed by atoms with Crippen molar-refractivity contribution in [2.75, 3.05) is 0 Å². The minimum Gasteiger partial charge on any atom is -0.292 e. The van der Waals surface area contributed by atoms with Gasteiger partial charge >= 0.3 is 0 Å². The molecule has 21 heavy (non-hydrogen) atoms. The molecule has 0 amide bonds. The average molecular weight is 273 g/mol. The second-order valence-electron chi connectivity index (χ2n) is 5.39. The predicted octanol–water partition coefficient (Wildman–Crippen LogP) is 4.96. The van der Waals surface area contributed by atoms with Crippen molar-refractivity contribution < 1.29 is 0 Å². The molecule has 0 saturated heterocycles. The predicted molar refractivity (Wildman–Crippen MR) is 91.0 cm³/mol. The summed E-state index contributed by atoms with van der Waals surface area (Å²) in [7, 11) is 0. The van der Waals surface area contributed by atoms with Crippen LogP contribution in [0.4, 0.5) is 0 Å². The fraction of sp³-hybridized carbons (Fsp3) is 0.150. The van der Waals surface area contributed by atoms with Crippen LogP contribution in [-0.4, -0.2) is 6.21 Å². The van der Waals surface area contributed by atoms with Crippen LogP contribution in [0.15, 0.2) is 71.7 Å². The zero-order valence-electron chi connectivity index (χ0n) is 12.3. The Kier molecular flexibility index (Phi) is 4.11. The third-order valence-corrected chi connectivity index (χ3v) is 3.66. The van der Waals surface area contributed by atoms with E-state index in [1.165, 1.54) is 27.5 Å². The fourth-order valence-electron chi connectivity index (χ4n) is 2.40. The minimum atomic E-state index is 0.758. The molecule has 1 nitrogen and oxygen atoms in total. The van der Waals surface area contributed by atoms with E-state index in [4.69, 9.17) is 0 Å². The highest BCUT2D eigenvalue weighted by Crippen LogP contribution is 2.15. The Balaban J connectivity index is 1.63. The van der Waals surface area contributed by atoms with Crippen molar-refractivity contribution >= 4 is 17.0 Å². The first-order chi connectivity index (χ1) is 10.3. The molecule has 3 aromatic carbocycles. The summed E-state index contributed by atoms with van der Waals surface area (Å²) in [4.78, 5) is 4.52. The van der Waals surface area contributed by atoms with Crippen LogP contribution in [0, 0.1) is 6.92 Å². The van der Waals surface area contributed by atoms with E-state index >= 15 is 0 Å². The van der Waals surface area contributed by atoms with Gasteiger partial charge in [0, 0.05) is 12.6 Å². The number of rotatable bonds is 4. The van der Waals surface area contributed by atoms with Crippen molar-refractivity contribution in [1.82, 2.24) is 0 Å². The zero-order valence-corrected chi connectivity index (χ0v) is 12.3. The summed E-state index contributed by atoms with van der Waals surface area (Å²) < 4.78 is 0. The van der Waals surface area contributed by atoms with Crippen molar-refractivity contribution in [3.63, 3.8) is 0 Å². The number of aliphatic imine (C=N–C) groups is 1. The van der Waals surface area contributed by atoms with Crippen LogP contribution in [0.1, 0.15) is 16.7 Å². The molecular formula is C20H19N.